The van der Waals surface area contributed by atoms with Crippen LogP contribution in [0.25, 0.3) is 5.69 Å². The van der Waals surface area contributed by atoms with Crippen molar-refractivity contribution in [2.24, 2.45) is 0 Å². The van der Waals surface area contributed by atoms with Crippen molar-refractivity contribution in [2.45, 2.75) is 18.7 Å². The maximum atomic E-state index is 12.6. The maximum Gasteiger partial charge on any atom is 0.291 e. The van der Waals surface area contributed by atoms with Crippen LogP contribution in [-0.2, 0) is 10.0 Å². The van der Waals surface area contributed by atoms with Gasteiger partial charge < -0.3 is 0 Å². The first-order valence-electron chi connectivity index (χ1n) is 7.83. The van der Waals surface area contributed by atoms with E-state index < -0.39 is 15.6 Å². The van der Waals surface area contributed by atoms with Crippen LogP contribution in [0, 0.1) is 13.8 Å². The van der Waals surface area contributed by atoms with Gasteiger partial charge in [-0.25, -0.2) is 8.42 Å². The predicted octanol–water partition coefficient (Wildman–Crippen LogP) is 3.96. The lowest BCUT2D eigenvalue weighted by molar-refractivity contribution is 0.601. The first-order chi connectivity index (χ1) is 12.7. The van der Waals surface area contributed by atoms with Gasteiger partial charge in [0.2, 0.25) is 0 Å². The van der Waals surface area contributed by atoms with Crippen molar-refractivity contribution < 1.29 is 8.42 Å². The monoisotopic (exact) mass is 423 g/mol. The van der Waals surface area contributed by atoms with E-state index in [1.165, 1.54) is 30.5 Å². The molecule has 0 fully saturated rings. The van der Waals surface area contributed by atoms with Gasteiger partial charge >= 0.3 is 0 Å². The summed E-state index contributed by atoms with van der Waals surface area (Å²) in [6.45, 7) is 3.75. The number of hydrogen-bond acceptors (Lipinski definition) is 4. The highest BCUT2D eigenvalue weighted by Crippen LogP contribution is 2.23. The molecule has 140 valence electrons. The fraction of sp³-hybridized carbons (Fsp3) is 0.111. The van der Waals surface area contributed by atoms with Crippen LogP contribution >= 0.6 is 23.2 Å². The zero-order chi connectivity index (χ0) is 19.8. The van der Waals surface area contributed by atoms with Crippen LogP contribution < -0.4 is 10.3 Å². The SMILES string of the molecule is Cc1cccc(NS(=O)(=O)c2ccc(-n3ncc(Cl)c(Cl)c3=O)cc2)c1C. The molecule has 3 rings (SSSR count). The molecule has 3 aromatic rings. The van der Waals surface area contributed by atoms with Crippen molar-refractivity contribution in [1.29, 1.82) is 0 Å². The van der Waals surface area contributed by atoms with E-state index in [4.69, 9.17) is 23.2 Å². The quantitative estimate of drug-likeness (QED) is 0.688. The lowest BCUT2D eigenvalue weighted by Gasteiger charge is -2.12. The summed E-state index contributed by atoms with van der Waals surface area (Å²) < 4.78 is 28.9. The smallest absolute Gasteiger partial charge is 0.279 e. The second-order valence-corrected chi connectivity index (χ2v) is 8.34. The Morgan fingerprint density at radius 1 is 1.04 bits per heavy atom. The van der Waals surface area contributed by atoms with Gasteiger partial charge in [-0.3, -0.25) is 9.52 Å². The third kappa shape index (κ3) is 3.85. The fourth-order valence-electron chi connectivity index (χ4n) is 2.43. The molecule has 1 aromatic heterocycles. The number of rotatable bonds is 4. The van der Waals surface area contributed by atoms with Crippen molar-refractivity contribution in [2.75, 3.05) is 4.72 Å². The summed E-state index contributed by atoms with van der Waals surface area (Å²) in [5, 5.41) is 3.81. The van der Waals surface area contributed by atoms with E-state index in [0.717, 1.165) is 15.8 Å². The zero-order valence-electron chi connectivity index (χ0n) is 14.4. The number of hydrogen-bond donors (Lipinski definition) is 1. The molecule has 1 N–H and O–H groups in total. The molecule has 0 saturated carbocycles. The van der Waals surface area contributed by atoms with Crippen LogP contribution in [0.2, 0.25) is 10.0 Å². The van der Waals surface area contributed by atoms with Gasteiger partial charge in [0.25, 0.3) is 15.6 Å². The number of halogens is 2. The number of aryl methyl sites for hydroxylation is 1. The molecule has 0 spiro atoms. The largest absolute Gasteiger partial charge is 0.291 e. The van der Waals surface area contributed by atoms with Gasteiger partial charge in [-0.1, -0.05) is 35.3 Å². The Morgan fingerprint density at radius 3 is 2.37 bits per heavy atom. The number of sulfonamides is 1. The second-order valence-electron chi connectivity index (χ2n) is 5.87. The van der Waals surface area contributed by atoms with Crippen molar-refractivity contribution in [3.8, 4) is 5.69 Å². The molecule has 9 heteroatoms. The Balaban J connectivity index is 1.94. The van der Waals surface area contributed by atoms with E-state index in [0.29, 0.717) is 11.4 Å². The number of aromatic nitrogens is 2. The summed E-state index contributed by atoms with van der Waals surface area (Å²) in [4.78, 5) is 12.2. The first kappa shape index (κ1) is 19.4. The van der Waals surface area contributed by atoms with E-state index >= 15 is 0 Å². The van der Waals surface area contributed by atoms with Crippen LogP contribution in [-0.4, -0.2) is 18.2 Å². The van der Waals surface area contributed by atoms with Crippen LogP contribution in [0.1, 0.15) is 11.1 Å². The van der Waals surface area contributed by atoms with Gasteiger partial charge in [0.1, 0.15) is 5.02 Å². The summed E-state index contributed by atoms with van der Waals surface area (Å²) in [6.07, 6.45) is 1.25. The summed E-state index contributed by atoms with van der Waals surface area (Å²) in [5.74, 6) is 0. The first-order valence-corrected chi connectivity index (χ1v) is 10.1. The molecule has 0 saturated heterocycles. The normalized spacial score (nSPS) is 11.4. The van der Waals surface area contributed by atoms with Crippen LogP contribution in [0.5, 0.6) is 0 Å². The van der Waals surface area contributed by atoms with Gasteiger partial charge in [0, 0.05) is 0 Å². The van der Waals surface area contributed by atoms with E-state index in [-0.39, 0.29) is 14.9 Å². The topological polar surface area (TPSA) is 81.1 Å². The highest BCUT2D eigenvalue weighted by Gasteiger charge is 2.16. The zero-order valence-corrected chi connectivity index (χ0v) is 16.7. The summed E-state index contributed by atoms with van der Waals surface area (Å²) in [6, 6.07) is 11.1. The molecular weight excluding hydrogens is 409 g/mol. The molecule has 2 aromatic carbocycles. The number of anilines is 1. The predicted molar refractivity (Wildman–Crippen MR) is 107 cm³/mol. The highest BCUT2D eigenvalue weighted by atomic mass is 35.5. The molecule has 0 aliphatic heterocycles. The van der Waals surface area contributed by atoms with Gasteiger partial charge in [-0.05, 0) is 55.3 Å². The third-order valence-electron chi connectivity index (χ3n) is 4.12. The number of nitrogens with zero attached hydrogens (tertiary/aromatic N) is 2. The Kier molecular flexibility index (Phi) is 5.28. The molecule has 0 unspecified atom stereocenters. The Labute approximate surface area is 166 Å². The number of nitrogens with one attached hydrogen (secondary N) is 1. The lowest BCUT2D eigenvalue weighted by atomic mass is 10.1. The van der Waals surface area contributed by atoms with Crippen LogP contribution in [0.4, 0.5) is 5.69 Å². The molecule has 1 heterocycles. The van der Waals surface area contributed by atoms with Crippen LogP contribution in [0.3, 0.4) is 0 Å². The Bertz CT molecular complexity index is 1170. The second kappa shape index (κ2) is 7.34. The highest BCUT2D eigenvalue weighted by molar-refractivity contribution is 7.92. The molecule has 27 heavy (non-hydrogen) atoms. The molecule has 0 aliphatic carbocycles. The minimum absolute atomic E-state index is 0.0508. The van der Waals surface area contributed by atoms with Gasteiger partial charge in [0.05, 0.1) is 27.5 Å². The van der Waals surface area contributed by atoms with Crippen LogP contribution in [0.15, 0.2) is 58.4 Å². The van der Waals surface area contributed by atoms with Crippen molar-refractivity contribution in [3.63, 3.8) is 0 Å². The molecule has 0 bridgehead atoms. The minimum Gasteiger partial charge on any atom is -0.279 e. The van der Waals surface area contributed by atoms with E-state index in [1.54, 1.807) is 12.1 Å². The molecular formula is C18H15Cl2N3O3S. The van der Waals surface area contributed by atoms with Gasteiger partial charge in [0.15, 0.2) is 0 Å². The summed E-state index contributed by atoms with van der Waals surface area (Å²) >= 11 is 11.6. The van der Waals surface area contributed by atoms with Gasteiger partial charge in [-0.2, -0.15) is 9.78 Å². The Morgan fingerprint density at radius 2 is 1.70 bits per heavy atom. The third-order valence-corrected chi connectivity index (χ3v) is 6.25. The average Bonchev–Trinajstić information content (AvgIpc) is 2.64. The van der Waals surface area contributed by atoms with E-state index in [1.807, 2.05) is 19.9 Å². The summed E-state index contributed by atoms with van der Waals surface area (Å²) in [7, 11) is -3.78. The van der Waals surface area contributed by atoms with Crippen molar-refractivity contribution >= 4 is 38.9 Å². The van der Waals surface area contributed by atoms with Crippen molar-refractivity contribution in [1.82, 2.24) is 9.78 Å². The van der Waals surface area contributed by atoms with E-state index in [2.05, 4.69) is 9.82 Å². The molecule has 0 aliphatic rings. The molecule has 6 nitrogen and oxygen atoms in total. The number of benzene rings is 2. The molecule has 0 amide bonds. The van der Waals surface area contributed by atoms with E-state index in [9.17, 15) is 13.2 Å². The van der Waals surface area contributed by atoms with Gasteiger partial charge in [-0.15, -0.1) is 0 Å². The fourth-order valence-corrected chi connectivity index (χ4v) is 3.80. The maximum absolute atomic E-state index is 12.6. The molecule has 0 atom stereocenters. The lowest BCUT2D eigenvalue weighted by Crippen LogP contribution is -2.21. The minimum atomic E-state index is -3.78. The standard InChI is InChI=1S/C18H15Cl2N3O3S/c1-11-4-3-5-16(12(11)2)22-27(25,26)14-8-6-13(7-9-14)23-18(24)17(20)15(19)10-21-23/h3-10,22H,1-2H3. The summed E-state index contributed by atoms with van der Waals surface area (Å²) in [5.41, 5.74) is 2.12. The Hall–Kier alpha value is -2.35. The molecule has 0 radical (unpaired) electrons. The van der Waals surface area contributed by atoms with Crippen molar-refractivity contribution in [3.05, 3.63) is 80.2 Å². The average molecular weight is 424 g/mol.